The fourth-order valence-electron chi connectivity index (χ4n) is 2.76. The molecular formula is C10H19NO4S. The van der Waals surface area contributed by atoms with E-state index < -0.39 is 22.0 Å². The molecular weight excluding hydrogens is 230 g/mol. The summed E-state index contributed by atoms with van der Waals surface area (Å²) in [5.74, 6) is -0.178. The molecule has 0 radical (unpaired) electrons. The van der Waals surface area contributed by atoms with E-state index in [0.717, 1.165) is 25.7 Å². The zero-order chi connectivity index (χ0) is 11.8. The number of sulfone groups is 1. The second-order valence-corrected chi connectivity index (χ2v) is 7.19. The zero-order valence-corrected chi connectivity index (χ0v) is 10.0. The van der Waals surface area contributed by atoms with E-state index in [1.54, 1.807) is 0 Å². The van der Waals surface area contributed by atoms with Crippen molar-refractivity contribution in [2.24, 2.45) is 0 Å². The highest BCUT2D eigenvalue weighted by atomic mass is 32.2. The summed E-state index contributed by atoms with van der Waals surface area (Å²) >= 11 is 0. The van der Waals surface area contributed by atoms with E-state index in [0.29, 0.717) is 0 Å². The highest BCUT2D eigenvalue weighted by Gasteiger charge is 2.42. The number of rotatable bonds is 3. The van der Waals surface area contributed by atoms with Crippen LogP contribution < -0.4 is 5.32 Å². The van der Waals surface area contributed by atoms with Gasteiger partial charge in [-0.15, -0.1) is 0 Å². The van der Waals surface area contributed by atoms with Crippen LogP contribution in [0.2, 0.25) is 0 Å². The molecule has 0 aromatic rings. The highest BCUT2D eigenvalue weighted by Crippen LogP contribution is 2.30. The Kier molecular flexibility index (Phi) is 3.27. The Bertz CT molecular complexity index is 348. The van der Waals surface area contributed by atoms with Crippen LogP contribution in [0.25, 0.3) is 0 Å². The van der Waals surface area contributed by atoms with Gasteiger partial charge in [-0.05, 0) is 12.8 Å². The average Bonchev–Trinajstić information content (AvgIpc) is 2.73. The number of hydrogen-bond acceptors (Lipinski definition) is 5. The van der Waals surface area contributed by atoms with E-state index in [9.17, 15) is 18.6 Å². The molecule has 6 heteroatoms. The van der Waals surface area contributed by atoms with Crippen LogP contribution in [0.1, 0.15) is 25.7 Å². The average molecular weight is 249 g/mol. The molecule has 16 heavy (non-hydrogen) atoms. The molecule has 2 fully saturated rings. The number of hydrogen-bond donors (Lipinski definition) is 3. The van der Waals surface area contributed by atoms with Crippen LogP contribution in [0.4, 0.5) is 0 Å². The molecule has 2 rings (SSSR count). The first-order valence-corrected chi connectivity index (χ1v) is 7.56. The third kappa shape index (κ3) is 2.40. The van der Waals surface area contributed by atoms with E-state index in [4.69, 9.17) is 0 Å². The molecule has 0 bridgehead atoms. The number of aliphatic hydroxyl groups excluding tert-OH is 2. The minimum Gasteiger partial charge on any atom is -0.394 e. The van der Waals surface area contributed by atoms with Gasteiger partial charge in [0, 0.05) is 11.6 Å². The lowest BCUT2D eigenvalue weighted by Crippen LogP contribution is -2.54. The highest BCUT2D eigenvalue weighted by molar-refractivity contribution is 7.91. The Labute approximate surface area is 95.8 Å². The maximum atomic E-state index is 11.4. The maximum Gasteiger partial charge on any atom is 0.154 e. The molecule has 1 aliphatic carbocycles. The first kappa shape index (κ1) is 12.3. The number of aliphatic hydroxyl groups is 2. The van der Waals surface area contributed by atoms with Crippen LogP contribution in [0.5, 0.6) is 0 Å². The molecule has 94 valence electrons. The van der Waals surface area contributed by atoms with Crippen molar-refractivity contribution in [2.75, 3.05) is 18.1 Å². The van der Waals surface area contributed by atoms with E-state index in [2.05, 4.69) is 5.32 Å². The first-order chi connectivity index (χ1) is 7.46. The fraction of sp³-hybridized carbons (Fsp3) is 1.00. The maximum absolute atomic E-state index is 11.4. The van der Waals surface area contributed by atoms with E-state index >= 15 is 0 Å². The Morgan fingerprint density at radius 2 is 1.88 bits per heavy atom. The van der Waals surface area contributed by atoms with Gasteiger partial charge in [-0.1, -0.05) is 12.8 Å². The molecule has 0 aromatic carbocycles. The van der Waals surface area contributed by atoms with Crippen molar-refractivity contribution in [1.29, 1.82) is 0 Å². The van der Waals surface area contributed by atoms with Gasteiger partial charge >= 0.3 is 0 Å². The third-order valence-corrected chi connectivity index (χ3v) is 5.39. The molecule has 1 saturated carbocycles. The SMILES string of the molecule is O=S1(=O)CC(O)C(NC2(CO)CCCC2)C1. The van der Waals surface area contributed by atoms with Gasteiger partial charge in [-0.25, -0.2) is 8.42 Å². The fourth-order valence-corrected chi connectivity index (χ4v) is 4.50. The monoisotopic (exact) mass is 249 g/mol. The second-order valence-electron chi connectivity index (χ2n) is 5.04. The second kappa shape index (κ2) is 4.25. The van der Waals surface area contributed by atoms with Gasteiger partial charge < -0.3 is 15.5 Å². The lowest BCUT2D eigenvalue weighted by Gasteiger charge is -2.32. The summed E-state index contributed by atoms with van der Waals surface area (Å²) in [6, 6.07) is -0.421. The first-order valence-electron chi connectivity index (χ1n) is 5.73. The minimum absolute atomic E-state index is 0.0102. The molecule has 2 unspecified atom stereocenters. The standard InChI is InChI=1S/C10H19NO4S/c12-7-10(3-1-2-4-10)11-8-5-16(14,15)6-9(8)13/h8-9,11-13H,1-7H2. The predicted octanol–water partition coefficient (Wildman–Crippen LogP) is -0.961. The molecule has 2 aliphatic rings. The van der Waals surface area contributed by atoms with Gasteiger partial charge in [0.2, 0.25) is 0 Å². The van der Waals surface area contributed by atoms with Crippen LogP contribution in [-0.4, -0.2) is 54.4 Å². The van der Waals surface area contributed by atoms with Gasteiger partial charge in [-0.3, -0.25) is 0 Å². The number of nitrogens with one attached hydrogen (secondary N) is 1. The Morgan fingerprint density at radius 1 is 1.25 bits per heavy atom. The van der Waals surface area contributed by atoms with Crippen LogP contribution in [0.15, 0.2) is 0 Å². The summed E-state index contributed by atoms with van der Waals surface area (Å²) in [4.78, 5) is 0. The van der Waals surface area contributed by atoms with Crippen molar-refractivity contribution < 1.29 is 18.6 Å². The lowest BCUT2D eigenvalue weighted by molar-refractivity contribution is 0.107. The van der Waals surface area contributed by atoms with E-state index in [1.165, 1.54) is 0 Å². The molecule has 0 amide bonds. The van der Waals surface area contributed by atoms with E-state index in [-0.39, 0.29) is 23.7 Å². The lowest BCUT2D eigenvalue weighted by atomic mass is 9.97. The molecule has 1 saturated heterocycles. The summed E-state index contributed by atoms with van der Waals surface area (Å²) in [6.45, 7) is 0.0102. The third-order valence-electron chi connectivity index (χ3n) is 3.68. The largest absolute Gasteiger partial charge is 0.394 e. The smallest absolute Gasteiger partial charge is 0.154 e. The van der Waals surface area contributed by atoms with Gasteiger partial charge in [0.25, 0.3) is 0 Å². The summed E-state index contributed by atoms with van der Waals surface area (Å²) in [6.07, 6.45) is 2.96. The Balaban J connectivity index is 2.04. The summed E-state index contributed by atoms with van der Waals surface area (Å²) in [5, 5.41) is 22.2. The van der Waals surface area contributed by atoms with Gasteiger partial charge in [-0.2, -0.15) is 0 Å². The molecule has 1 aliphatic heterocycles. The molecule has 1 heterocycles. The molecule has 0 spiro atoms. The summed E-state index contributed by atoms with van der Waals surface area (Å²) in [5.41, 5.74) is -0.370. The Morgan fingerprint density at radius 3 is 2.31 bits per heavy atom. The van der Waals surface area contributed by atoms with Crippen LogP contribution >= 0.6 is 0 Å². The molecule has 5 nitrogen and oxygen atoms in total. The van der Waals surface area contributed by atoms with Crippen LogP contribution in [-0.2, 0) is 9.84 Å². The van der Waals surface area contributed by atoms with E-state index in [1.807, 2.05) is 0 Å². The van der Waals surface area contributed by atoms with Crippen molar-refractivity contribution in [3.8, 4) is 0 Å². The van der Waals surface area contributed by atoms with Crippen molar-refractivity contribution in [3.05, 3.63) is 0 Å². The quantitative estimate of drug-likeness (QED) is 0.600. The van der Waals surface area contributed by atoms with Crippen molar-refractivity contribution in [2.45, 2.75) is 43.4 Å². The molecule has 2 atom stereocenters. The Hall–Kier alpha value is -0.170. The molecule has 0 aromatic heterocycles. The van der Waals surface area contributed by atoms with Crippen LogP contribution in [0.3, 0.4) is 0 Å². The predicted molar refractivity (Wildman–Crippen MR) is 59.9 cm³/mol. The zero-order valence-electron chi connectivity index (χ0n) is 9.22. The normalized spacial score (nSPS) is 36.6. The summed E-state index contributed by atoms with van der Waals surface area (Å²) in [7, 11) is -3.12. The van der Waals surface area contributed by atoms with Crippen LogP contribution in [0, 0.1) is 0 Å². The van der Waals surface area contributed by atoms with Gasteiger partial charge in [0.1, 0.15) is 0 Å². The van der Waals surface area contributed by atoms with Crippen molar-refractivity contribution in [3.63, 3.8) is 0 Å². The van der Waals surface area contributed by atoms with Gasteiger partial charge in [0.15, 0.2) is 9.84 Å². The van der Waals surface area contributed by atoms with Crippen molar-refractivity contribution >= 4 is 9.84 Å². The van der Waals surface area contributed by atoms with Crippen molar-refractivity contribution in [1.82, 2.24) is 5.32 Å². The summed E-state index contributed by atoms with van der Waals surface area (Å²) < 4.78 is 22.7. The van der Waals surface area contributed by atoms with Gasteiger partial charge in [0.05, 0.1) is 24.2 Å². The topological polar surface area (TPSA) is 86.6 Å². The minimum atomic E-state index is -3.12. The molecule has 3 N–H and O–H groups in total.